The van der Waals surface area contributed by atoms with Crippen LogP contribution >= 0.6 is 0 Å². The Balaban J connectivity index is 2.34. The normalized spacial score (nSPS) is 21.3. The molecule has 1 aliphatic rings. The molecule has 2 nitrogen and oxygen atoms in total. The molecular formula is C12H23NO. The Morgan fingerprint density at radius 2 is 2.29 bits per heavy atom. The van der Waals surface area contributed by atoms with Crippen molar-refractivity contribution in [3.63, 3.8) is 0 Å². The van der Waals surface area contributed by atoms with E-state index in [2.05, 4.69) is 18.8 Å². The summed E-state index contributed by atoms with van der Waals surface area (Å²) < 4.78 is 0. The molecule has 1 rings (SSSR count). The summed E-state index contributed by atoms with van der Waals surface area (Å²) in [7, 11) is 0. The third-order valence-corrected chi connectivity index (χ3v) is 3.34. The summed E-state index contributed by atoms with van der Waals surface area (Å²) in [5, 5.41) is 12.9. The first-order chi connectivity index (χ1) is 6.76. The Labute approximate surface area is 87.4 Å². The van der Waals surface area contributed by atoms with Crippen molar-refractivity contribution in [1.29, 1.82) is 0 Å². The van der Waals surface area contributed by atoms with Crippen molar-refractivity contribution in [2.75, 3.05) is 6.61 Å². The van der Waals surface area contributed by atoms with E-state index in [-0.39, 0.29) is 12.1 Å². The number of aliphatic hydroxyl groups is 1. The second-order valence-electron chi connectivity index (χ2n) is 4.41. The zero-order valence-electron chi connectivity index (χ0n) is 9.26. The zero-order valence-corrected chi connectivity index (χ0v) is 9.26. The second-order valence-corrected chi connectivity index (χ2v) is 4.41. The molecule has 0 aliphatic heterocycles. The average Bonchev–Trinajstić information content (AvgIpc) is 2.16. The van der Waals surface area contributed by atoms with E-state index in [9.17, 15) is 5.11 Å². The van der Waals surface area contributed by atoms with Crippen molar-refractivity contribution in [2.45, 2.75) is 57.0 Å². The fourth-order valence-corrected chi connectivity index (χ4v) is 2.08. The monoisotopic (exact) mass is 197 g/mol. The Kier molecular flexibility index (Phi) is 4.63. The highest BCUT2D eigenvalue weighted by atomic mass is 16.3. The van der Waals surface area contributed by atoms with Gasteiger partial charge in [-0.1, -0.05) is 13.0 Å². The van der Waals surface area contributed by atoms with Gasteiger partial charge in [0.1, 0.15) is 0 Å². The van der Waals surface area contributed by atoms with Gasteiger partial charge in [-0.05, 0) is 38.5 Å². The van der Waals surface area contributed by atoms with E-state index in [1.807, 2.05) is 6.08 Å². The van der Waals surface area contributed by atoms with Crippen LogP contribution < -0.4 is 5.32 Å². The maximum atomic E-state index is 9.32. The lowest BCUT2D eigenvalue weighted by Gasteiger charge is -2.44. The molecule has 2 heteroatoms. The highest BCUT2D eigenvalue weighted by Gasteiger charge is 2.37. The summed E-state index contributed by atoms with van der Waals surface area (Å²) in [5.41, 5.74) is 0.0574. The van der Waals surface area contributed by atoms with E-state index < -0.39 is 0 Å². The minimum atomic E-state index is 0.0574. The quantitative estimate of drug-likeness (QED) is 0.613. The summed E-state index contributed by atoms with van der Waals surface area (Å²) in [4.78, 5) is 0. The molecule has 0 bridgehead atoms. The van der Waals surface area contributed by atoms with E-state index >= 15 is 0 Å². The SMILES string of the molecule is C=CCCC(CC)NC1(CO)CCC1. The summed E-state index contributed by atoms with van der Waals surface area (Å²) >= 11 is 0. The van der Waals surface area contributed by atoms with Gasteiger partial charge in [-0.2, -0.15) is 0 Å². The van der Waals surface area contributed by atoms with Crippen LogP contribution in [0.5, 0.6) is 0 Å². The van der Waals surface area contributed by atoms with Gasteiger partial charge in [-0.25, -0.2) is 0 Å². The van der Waals surface area contributed by atoms with Crippen molar-refractivity contribution in [3.05, 3.63) is 12.7 Å². The maximum absolute atomic E-state index is 9.32. The third-order valence-electron chi connectivity index (χ3n) is 3.34. The lowest BCUT2D eigenvalue weighted by Crippen LogP contribution is -2.57. The summed E-state index contributed by atoms with van der Waals surface area (Å²) in [5.74, 6) is 0. The van der Waals surface area contributed by atoms with Gasteiger partial charge in [-0.15, -0.1) is 6.58 Å². The van der Waals surface area contributed by atoms with E-state index in [0.29, 0.717) is 6.04 Å². The predicted octanol–water partition coefficient (Wildman–Crippen LogP) is 2.24. The van der Waals surface area contributed by atoms with Crippen LogP contribution in [0.4, 0.5) is 0 Å². The predicted molar refractivity (Wildman–Crippen MR) is 60.3 cm³/mol. The molecule has 1 unspecified atom stereocenters. The molecule has 1 aliphatic carbocycles. The van der Waals surface area contributed by atoms with Gasteiger partial charge in [0.25, 0.3) is 0 Å². The van der Waals surface area contributed by atoms with Gasteiger partial charge < -0.3 is 10.4 Å². The molecule has 0 spiro atoms. The number of aliphatic hydroxyl groups excluding tert-OH is 1. The van der Waals surface area contributed by atoms with Gasteiger partial charge in [0, 0.05) is 11.6 Å². The zero-order chi connectivity index (χ0) is 10.4. The molecule has 0 aromatic rings. The van der Waals surface area contributed by atoms with Gasteiger partial charge in [0.2, 0.25) is 0 Å². The van der Waals surface area contributed by atoms with Crippen molar-refractivity contribution in [2.24, 2.45) is 0 Å². The molecule has 1 atom stereocenters. The molecule has 1 saturated carbocycles. The Bertz CT molecular complexity index is 170. The van der Waals surface area contributed by atoms with Crippen LogP contribution in [0.25, 0.3) is 0 Å². The fourth-order valence-electron chi connectivity index (χ4n) is 2.08. The van der Waals surface area contributed by atoms with Crippen molar-refractivity contribution in [3.8, 4) is 0 Å². The van der Waals surface area contributed by atoms with Crippen LogP contribution in [-0.4, -0.2) is 23.3 Å². The number of rotatable bonds is 7. The van der Waals surface area contributed by atoms with Gasteiger partial charge in [0.05, 0.1) is 6.61 Å². The molecule has 0 heterocycles. The number of hydrogen-bond donors (Lipinski definition) is 2. The summed E-state index contributed by atoms with van der Waals surface area (Å²) in [6, 6.07) is 0.542. The van der Waals surface area contributed by atoms with Crippen LogP contribution in [-0.2, 0) is 0 Å². The van der Waals surface area contributed by atoms with E-state index in [4.69, 9.17) is 0 Å². The molecule has 1 fully saturated rings. The smallest absolute Gasteiger partial charge is 0.0613 e. The lowest BCUT2D eigenvalue weighted by atomic mass is 9.76. The molecular weight excluding hydrogens is 174 g/mol. The van der Waals surface area contributed by atoms with Crippen molar-refractivity contribution in [1.82, 2.24) is 5.32 Å². The van der Waals surface area contributed by atoms with E-state index in [1.165, 1.54) is 6.42 Å². The first kappa shape index (κ1) is 11.7. The van der Waals surface area contributed by atoms with Crippen LogP contribution in [0.15, 0.2) is 12.7 Å². The largest absolute Gasteiger partial charge is 0.394 e. The van der Waals surface area contributed by atoms with Crippen LogP contribution in [0.3, 0.4) is 0 Å². The van der Waals surface area contributed by atoms with E-state index in [1.54, 1.807) is 0 Å². The summed E-state index contributed by atoms with van der Waals surface area (Å²) in [6.45, 7) is 6.23. The Hall–Kier alpha value is -0.340. The Morgan fingerprint density at radius 1 is 1.57 bits per heavy atom. The molecule has 0 radical (unpaired) electrons. The van der Waals surface area contributed by atoms with Gasteiger partial charge in [0.15, 0.2) is 0 Å². The molecule has 0 amide bonds. The Morgan fingerprint density at radius 3 is 2.64 bits per heavy atom. The van der Waals surface area contributed by atoms with Crippen LogP contribution in [0.2, 0.25) is 0 Å². The van der Waals surface area contributed by atoms with Crippen molar-refractivity contribution < 1.29 is 5.11 Å². The first-order valence-corrected chi connectivity index (χ1v) is 5.76. The molecule has 0 aromatic heterocycles. The number of hydrogen-bond acceptors (Lipinski definition) is 2. The first-order valence-electron chi connectivity index (χ1n) is 5.76. The molecule has 0 aromatic carbocycles. The molecule has 14 heavy (non-hydrogen) atoms. The third kappa shape index (κ3) is 2.82. The van der Waals surface area contributed by atoms with Crippen molar-refractivity contribution >= 4 is 0 Å². The minimum absolute atomic E-state index is 0.0574. The average molecular weight is 197 g/mol. The molecule has 2 N–H and O–H groups in total. The number of allylic oxidation sites excluding steroid dienone is 1. The van der Waals surface area contributed by atoms with Gasteiger partial charge in [-0.3, -0.25) is 0 Å². The van der Waals surface area contributed by atoms with Crippen LogP contribution in [0, 0.1) is 0 Å². The van der Waals surface area contributed by atoms with E-state index in [0.717, 1.165) is 32.1 Å². The highest BCUT2D eigenvalue weighted by Crippen LogP contribution is 2.32. The highest BCUT2D eigenvalue weighted by molar-refractivity contribution is 4.97. The second kappa shape index (κ2) is 5.52. The number of nitrogens with one attached hydrogen (secondary N) is 1. The van der Waals surface area contributed by atoms with Crippen LogP contribution in [0.1, 0.15) is 45.4 Å². The summed E-state index contributed by atoms with van der Waals surface area (Å²) in [6.07, 6.45) is 8.83. The topological polar surface area (TPSA) is 32.3 Å². The fraction of sp³-hybridized carbons (Fsp3) is 0.833. The lowest BCUT2D eigenvalue weighted by molar-refractivity contribution is 0.0747. The standard InChI is InChI=1S/C12H23NO/c1-3-5-7-11(4-2)13-12(10-14)8-6-9-12/h3,11,13-14H,1,4-10H2,2H3. The molecule has 82 valence electrons. The van der Waals surface area contributed by atoms with Gasteiger partial charge >= 0.3 is 0 Å². The molecule has 0 saturated heterocycles. The minimum Gasteiger partial charge on any atom is -0.394 e. The maximum Gasteiger partial charge on any atom is 0.0613 e.